The Labute approximate surface area is 123 Å². The first-order chi connectivity index (χ1) is 10.2. The Kier molecular flexibility index (Phi) is 2.77. The van der Waals surface area contributed by atoms with Crippen LogP contribution in [0.2, 0.25) is 0 Å². The van der Waals surface area contributed by atoms with E-state index in [2.05, 4.69) is 22.3 Å². The molecule has 1 N–H and O–H groups in total. The van der Waals surface area contributed by atoms with Crippen molar-refractivity contribution in [2.24, 2.45) is 11.3 Å². The van der Waals surface area contributed by atoms with Crippen molar-refractivity contribution in [2.45, 2.75) is 32.6 Å². The summed E-state index contributed by atoms with van der Waals surface area (Å²) in [5.74, 6) is 0.907. The van der Waals surface area contributed by atoms with Gasteiger partial charge < -0.3 is 4.90 Å². The van der Waals surface area contributed by atoms with E-state index in [0.29, 0.717) is 16.5 Å². The number of benzene rings is 1. The van der Waals surface area contributed by atoms with E-state index >= 15 is 0 Å². The fraction of sp³-hybridized carbons (Fsp3) is 0.562. The van der Waals surface area contributed by atoms with Crippen LogP contribution in [0.5, 0.6) is 0 Å². The van der Waals surface area contributed by atoms with Crippen molar-refractivity contribution in [3.05, 3.63) is 23.8 Å². The average Bonchev–Trinajstić information content (AvgIpc) is 3.19. The molecule has 1 aromatic heterocycles. The van der Waals surface area contributed by atoms with Crippen LogP contribution in [0.3, 0.4) is 0 Å². The minimum Gasteiger partial charge on any atom is -0.338 e. The number of aromatic nitrogens is 3. The molecular formula is C16H20N4O. The zero-order valence-corrected chi connectivity index (χ0v) is 12.3. The van der Waals surface area contributed by atoms with Gasteiger partial charge in [-0.1, -0.05) is 19.4 Å². The first kappa shape index (κ1) is 12.8. The maximum atomic E-state index is 12.8. The number of likely N-dealkylation sites (tertiary alicyclic amines) is 1. The summed E-state index contributed by atoms with van der Waals surface area (Å²) in [6.07, 6.45) is 5.00. The van der Waals surface area contributed by atoms with Crippen molar-refractivity contribution in [1.29, 1.82) is 0 Å². The van der Waals surface area contributed by atoms with Gasteiger partial charge in [0.2, 0.25) is 0 Å². The van der Waals surface area contributed by atoms with Crippen molar-refractivity contribution >= 4 is 16.9 Å². The first-order valence-electron chi connectivity index (χ1n) is 7.76. The Morgan fingerprint density at radius 2 is 2.29 bits per heavy atom. The summed E-state index contributed by atoms with van der Waals surface area (Å²) in [6, 6.07) is 5.61. The summed E-state index contributed by atoms with van der Waals surface area (Å²) in [5.41, 5.74) is 2.49. The molecule has 2 aliphatic rings. The fourth-order valence-electron chi connectivity index (χ4n) is 4.19. The van der Waals surface area contributed by atoms with Gasteiger partial charge in [0.05, 0.1) is 5.56 Å². The van der Waals surface area contributed by atoms with Gasteiger partial charge in [0.25, 0.3) is 5.91 Å². The van der Waals surface area contributed by atoms with Crippen LogP contribution in [-0.4, -0.2) is 39.3 Å². The van der Waals surface area contributed by atoms with Crippen molar-refractivity contribution in [3.8, 4) is 0 Å². The van der Waals surface area contributed by atoms with Gasteiger partial charge in [0.1, 0.15) is 11.0 Å². The Bertz CT molecular complexity index is 694. The van der Waals surface area contributed by atoms with Gasteiger partial charge in [-0.3, -0.25) is 4.79 Å². The molecule has 1 aromatic carbocycles. The summed E-state index contributed by atoms with van der Waals surface area (Å²) in [4.78, 5) is 14.8. The topological polar surface area (TPSA) is 61.9 Å². The summed E-state index contributed by atoms with van der Waals surface area (Å²) in [7, 11) is 0. The van der Waals surface area contributed by atoms with Crippen molar-refractivity contribution in [3.63, 3.8) is 0 Å². The number of carbonyl (C=O) groups excluding carboxylic acids is 1. The van der Waals surface area contributed by atoms with E-state index in [1.54, 1.807) is 0 Å². The van der Waals surface area contributed by atoms with Gasteiger partial charge >= 0.3 is 0 Å². The summed E-state index contributed by atoms with van der Waals surface area (Å²) < 4.78 is 0. The molecule has 1 spiro atoms. The van der Waals surface area contributed by atoms with Crippen LogP contribution in [0.15, 0.2) is 18.2 Å². The van der Waals surface area contributed by atoms with E-state index in [9.17, 15) is 4.79 Å². The van der Waals surface area contributed by atoms with Gasteiger partial charge in [0, 0.05) is 13.1 Å². The molecule has 21 heavy (non-hydrogen) atoms. The molecule has 0 unspecified atom stereocenters. The summed E-state index contributed by atoms with van der Waals surface area (Å²) >= 11 is 0. The van der Waals surface area contributed by atoms with E-state index in [0.717, 1.165) is 30.9 Å². The van der Waals surface area contributed by atoms with Gasteiger partial charge in [0.15, 0.2) is 0 Å². The van der Waals surface area contributed by atoms with E-state index in [1.807, 2.05) is 23.1 Å². The van der Waals surface area contributed by atoms with Crippen LogP contribution >= 0.6 is 0 Å². The predicted octanol–water partition coefficient (Wildman–Crippen LogP) is 2.61. The lowest BCUT2D eigenvalue weighted by atomic mass is 9.85. The highest BCUT2D eigenvalue weighted by molar-refractivity contribution is 6.04. The minimum absolute atomic E-state index is 0.103. The molecule has 2 atom stereocenters. The van der Waals surface area contributed by atoms with Gasteiger partial charge in [-0.25, -0.2) is 0 Å². The van der Waals surface area contributed by atoms with Crippen molar-refractivity contribution < 1.29 is 4.79 Å². The molecule has 5 nitrogen and oxygen atoms in total. The smallest absolute Gasteiger partial charge is 0.256 e. The monoisotopic (exact) mass is 284 g/mol. The molecule has 110 valence electrons. The molecule has 2 heterocycles. The van der Waals surface area contributed by atoms with Crippen molar-refractivity contribution in [1.82, 2.24) is 20.3 Å². The number of nitrogens with one attached hydrogen (secondary N) is 1. The van der Waals surface area contributed by atoms with E-state index in [4.69, 9.17) is 0 Å². The third kappa shape index (κ3) is 2.03. The second-order valence-corrected chi connectivity index (χ2v) is 6.82. The molecule has 2 aromatic rings. The minimum atomic E-state index is 0.103. The molecular weight excluding hydrogens is 264 g/mol. The van der Waals surface area contributed by atoms with E-state index in [-0.39, 0.29) is 5.91 Å². The number of H-pyrrole nitrogens is 1. The maximum absolute atomic E-state index is 12.8. The number of rotatable bonds is 1. The Hall–Kier alpha value is -1.91. The normalized spacial score (nSPS) is 28.8. The van der Waals surface area contributed by atoms with Gasteiger partial charge in [-0.05, 0) is 42.7 Å². The molecule has 5 heteroatoms. The predicted molar refractivity (Wildman–Crippen MR) is 79.9 cm³/mol. The SMILES string of the molecule is C[C@@H]1CC[C@@]2(CCN(C(=O)c3cccc4n[nH]nc34)C2)C1. The third-order valence-electron chi connectivity index (χ3n) is 5.25. The lowest BCUT2D eigenvalue weighted by Gasteiger charge is -2.24. The lowest BCUT2D eigenvalue weighted by molar-refractivity contribution is 0.0774. The lowest BCUT2D eigenvalue weighted by Crippen LogP contribution is -2.31. The number of aromatic amines is 1. The second kappa shape index (κ2) is 4.55. The highest BCUT2D eigenvalue weighted by Gasteiger charge is 2.44. The Morgan fingerprint density at radius 3 is 3.10 bits per heavy atom. The van der Waals surface area contributed by atoms with Crippen LogP contribution in [0.1, 0.15) is 43.0 Å². The molecule has 4 rings (SSSR count). The van der Waals surface area contributed by atoms with E-state index < -0.39 is 0 Å². The molecule has 0 bridgehead atoms. The molecule has 0 radical (unpaired) electrons. The molecule has 1 aliphatic heterocycles. The third-order valence-corrected chi connectivity index (χ3v) is 5.25. The Morgan fingerprint density at radius 1 is 1.38 bits per heavy atom. The fourth-order valence-corrected chi connectivity index (χ4v) is 4.19. The van der Waals surface area contributed by atoms with E-state index in [1.165, 1.54) is 19.3 Å². The highest BCUT2D eigenvalue weighted by Crippen LogP contribution is 2.48. The highest BCUT2D eigenvalue weighted by atomic mass is 16.2. The second-order valence-electron chi connectivity index (χ2n) is 6.82. The number of hydrogen-bond donors (Lipinski definition) is 1. The molecule has 1 aliphatic carbocycles. The quantitative estimate of drug-likeness (QED) is 0.875. The van der Waals surface area contributed by atoms with Crippen LogP contribution < -0.4 is 0 Å². The van der Waals surface area contributed by atoms with Gasteiger partial charge in [-0.15, -0.1) is 0 Å². The molecule has 1 amide bonds. The number of hydrogen-bond acceptors (Lipinski definition) is 3. The average molecular weight is 284 g/mol. The van der Waals surface area contributed by atoms with Crippen LogP contribution in [0, 0.1) is 11.3 Å². The number of amides is 1. The number of para-hydroxylation sites is 1. The van der Waals surface area contributed by atoms with Crippen LogP contribution in [0.4, 0.5) is 0 Å². The number of carbonyl (C=O) groups is 1. The van der Waals surface area contributed by atoms with Crippen LogP contribution in [-0.2, 0) is 0 Å². The summed E-state index contributed by atoms with van der Waals surface area (Å²) in [5, 5.41) is 10.8. The first-order valence-corrected chi connectivity index (χ1v) is 7.76. The summed E-state index contributed by atoms with van der Waals surface area (Å²) in [6.45, 7) is 4.11. The van der Waals surface area contributed by atoms with Crippen molar-refractivity contribution in [2.75, 3.05) is 13.1 Å². The molecule has 1 saturated carbocycles. The largest absolute Gasteiger partial charge is 0.338 e. The zero-order valence-electron chi connectivity index (χ0n) is 12.3. The number of fused-ring (bicyclic) bond motifs is 1. The van der Waals surface area contributed by atoms with Crippen LogP contribution in [0.25, 0.3) is 11.0 Å². The Balaban J connectivity index is 1.60. The van der Waals surface area contributed by atoms with Gasteiger partial charge in [-0.2, -0.15) is 15.4 Å². The maximum Gasteiger partial charge on any atom is 0.256 e. The molecule has 2 fully saturated rings. The standard InChI is InChI=1S/C16H20N4O/c1-11-5-6-16(9-11)7-8-20(10-16)15(21)12-3-2-4-13-14(12)18-19-17-13/h2-4,11H,5-10H2,1H3,(H,17,18,19)/t11-,16-/m1/s1. The molecule has 1 saturated heterocycles. The number of nitrogens with zero attached hydrogens (tertiary/aromatic N) is 3. The zero-order chi connectivity index (χ0) is 14.4.